The van der Waals surface area contributed by atoms with Gasteiger partial charge in [-0.15, -0.1) is 11.3 Å². The van der Waals surface area contributed by atoms with Crippen molar-refractivity contribution in [3.8, 4) is 0 Å². The second-order valence-corrected chi connectivity index (χ2v) is 6.50. The van der Waals surface area contributed by atoms with Crippen LogP contribution < -0.4 is 5.32 Å². The molecule has 0 aliphatic heterocycles. The Kier molecular flexibility index (Phi) is 3.39. The van der Waals surface area contributed by atoms with Crippen molar-refractivity contribution >= 4 is 39.0 Å². The maximum absolute atomic E-state index is 5.96. The number of aromatic nitrogens is 2. The van der Waals surface area contributed by atoms with Crippen molar-refractivity contribution in [3.63, 3.8) is 0 Å². The van der Waals surface area contributed by atoms with Gasteiger partial charge in [0.25, 0.3) is 0 Å². The number of aryl methyl sites for hydroxylation is 1. The number of nitrogens with one attached hydrogen (secondary N) is 1. The average molecular weight is 282 g/mol. The molecule has 1 saturated carbocycles. The van der Waals surface area contributed by atoms with Gasteiger partial charge in [-0.2, -0.15) is 0 Å². The van der Waals surface area contributed by atoms with E-state index in [1.54, 1.807) is 11.3 Å². The molecule has 18 heavy (non-hydrogen) atoms. The molecule has 1 aliphatic carbocycles. The second-order valence-electron chi connectivity index (χ2n) is 4.93. The van der Waals surface area contributed by atoms with Crippen LogP contribution in [0.3, 0.4) is 0 Å². The van der Waals surface area contributed by atoms with Crippen LogP contribution in [0.4, 0.5) is 5.82 Å². The normalized spacial score (nSPS) is 15.9. The lowest BCUT2D eigenvalue weighted by atomic mass is 9.83. The zero-order chi connectivity index (χ0) is 12.5. The van der Waals surface area contributed by atoms with Gasteiger partial charge < -0.3 is 5.32 Å². The highest BCUT2D eigenvalue weighted by Crippen LogP contribution is 2.31. The molecular weight excluding hydrogens is 266 g/mol. The third kappa shape index (κ3) is 2.45. The molecule has 0 spiro atoms. The van der Waals surface area contributed by atoms with Gasteiger partial charge in [-0.3, -0.25) is 0 Å². The molecule has 0 atom stereocenters. The van der Waals surface area contributed by atoms with Crippen LogP contribution in [0, 0.1) is 12.8 Å². The Labute approximate surface area is 116 Å². The van der Waals surface area contributed by atoms with Gasteiger partial charge in [-0.1, -0.05) is 19.3 Å². The lowest BCUT2D eigenvalue weighted by Crippen LogP contribution is -2.16. The zero-order valence-corrected chi connectivity index (χ0v) is 11.9. The topological polar surface area (TPSA) is 37.8 Å². The van der Waals surface area contributed by atoms with Crippen LogP contribution in [0.1, 0.15) is 30.6 Å². The third-order valence-electron chi connectivity index (χ3n) is 3.56. The van der Waals surface area contributed by atoms with Crippen molar-refractivity contribution in [1.82, 2.24) is 9.97 Å². The number of rotatable bonds is 4. The summed E-state index contributed by atoms with van der Waals surface area (Å²) >= 11 is 7.62. The number of thiophene rings is 1. The van der Waals surface area contributed by atoms with E-state index in [4.69, 9.17) is 11.6 Å². The molecule has 0 aromatic carbocycles. The zero-order valence-electron chi connectivity index (χ0n) is 10.4. The van der Waals surface area contributed by atoms with Gasteiger partial charge in [0.1, 0.15) is 10.6 Å². The van der Waals surface area contributed by atoms with Crippen LogP contribution in [0.2, 0.25) is 5.28 Å². The van der Waals surface area contributed by atoms with E-state index in [0.29, 0.717) is 5.28 Å². The van der Waals surface area contributed by atoms with Crippen LogP contribution in [0.25, 0.3) is 10.2 Å². The van der Waals surface area contributed by atoms with Gasteiger partial charge in [0.2, 0.25) is 5.28 Å². The maximum Gasteiger partial charge on any atom is 0.225 e. The van der Waals surface area contributed by atoms with E-state index in [2.05, 4.69) is 28.3 Å². The minimum absolute atomic E-state index is 0.329. The summed E-state index contributed by atoms with van der Waals surface area (Å²) in [6, 6.07) is 2.13. The first-order valence-corrected chi connectivity index (χ1v) is 7.59. The molecule has 0 radical (unpaired) electrons. The van der Waals surface area contributed by atoms with Gasteiger partial charge in [-0.05, 0) is 36.9 Å². The lowest BCUT2D eigenvalue weighted by molar-refractivity contribution is 0.303. The minimum Gasteiger partial charge on any atom is -0.369 e. The largest absolute Gasteiger partial charge is 0.369 e. The molecule has 1 N–H and O–H groups in total. The van der Waals surface area contributed by atoms with Crippen LogP contribution >= 0.6 is 22.9 Å². The number of hydrogen-bond acceptors (Lipinski definition) is 4. The van der Waals surface area contributed by atoms with Gasteiger partial charge in [0, 0.05) is 11.4 Å². The summed E-state index contributed by atoms with van der Waals surface area (Å²) in [5.41, 5.74) is 0. The molecule has 2 aromatic rings. The molecular formula is C13H16ClN3S. The van der Waals surface area contributed by atoms with E-state index in [9.17, 15) is 0 Å². The van der Waals surface area contributed by atoms with E-state index in [1.165, 1.54) is 30.6 Å². The first kappa shape index (κ1) is 12.2. The minimum atomic E-state index is 0.329. The summed E-state index contributed by atoms with van der Waals surface area (Å²) < 4.78 is 0. The standard InChI is InChI=1S/C13H16ClN3S/c1-8-7-10-11(15-6-5-9-3-2-4-9)16-13(14)17-12(10)18-8/h7,9H,2-6H2,1H3,(H,15,16,17). The fourth-order valence-electron chi connectivity index (χ4n) is 2.33. The predicted octanol–water partition coefficient (Wildman–Crippen LogP) is 4.26. The van der Waals surface area contributed by atoms with Gasteiger partial charge >= 0.3 is 0 Å². The van der Waals surface area contributed by atoms with Gasteiger partial charge in [-0.25, -0.2) is 9.97 Å². The molecule has 0 unspecified atom stereocenters. The summed E-state index contributed by atoms with van der Waals surface area (Å²) in [6.45, 7) is 3.06. The Balaban J connectivity index is 1.76. The molecule has 1 aliphatic rings. The van der Waals surface area contributed by atoms with Crippen molar-refractivity contribution in [1.29, 1.82) is 0 Å². The smallest absolute Gasteiger partial charge is 0.225 e. The van der Waals surface area contributed by atoms with E-state index in [0.717, 1.165) is 28.5 Å². The molecule has 0 bridgehead atoms. The highest BCUT2D eigenvalue weighted by molar-refractivity contribution is 7.18. The SMILES string of the molecule is Cc1cc2c(NCCC3CCC3)nc(Cl)nc2s1. The number of fused-ring (bicyclic) bond motifs is 1. The Morgan fingerprint density at radius 2 is 2.28 bits per heavy atom. The molecule has 1 fully saturated rings. The molecule has 3 nitrogen and oxygen atoms in total. The molecule has 96 valence electrons. The Bertz CT molecular complexity index is 563. The van der Waals surface area contributed by atoms with Crippen molar-refractivity contribution < 1.29 is 0 Å². The highest BCUT2D eigenvalue weighted by atomic mass is 35.5. The van der Waals surface area contributed by atoms with E-state index < -0.39 is 0 Å². The summed E-state index contributed by atoms with van der Waals surface area (Å²) in [7, 11) is 0. The number of anilines is 1. The monoisotopic (exact) mass is 281 g/mol. The molecule has 3 rings (SSSR count). The van der Waals surface area contributed by atoms with Gasteiger partial charge in [0.05, 0.1) is 5.39 Å². The van der Waals surface area contributed by atoms with Crippen LogP contribution in [0.15, 0.2) is 6.07 Å². The summed E-state index contributed by atoms with van der Waals surface area (Å²) in [6.07, 6.45) is 5.41. The van der Waals surface area contributed by atoms with Crippen LogP contribution in [-0.2, 0) is 0 Å². The Hall–Kier alpha value is -0.870. The quantitative estimate of drug-likeness (QED) is 0.851. The molecule has 5 heteroatoms. The molecule has 0 saturated heterocycles. The predicted molar refractivity (Wildman–Crippen MR) is 77.6 cm³/mol. The van der Waals surface area contributed by atoms with Crippen molar-refractivity contribution in [2.45, 2.75) is 32.6 Å². The molecule has 0 amide bonds. The fourth-order valence-corrected chi connectivity index (χ4v) is 3.43. The molecule has 2 heterocycles. The first-order chi connectivity index (χ1) is 8.72. The summed E-state index contributed by atoms with van der Waals surface area (Å²) in [5, 5.41) is 4.83. The molecule has 2 aromatic heterocycles. The first-order valence-electron chi connectivity index (χ1n) is 6.40. The number of halogens is 1. The van der Waals surface area contributed by atoms with E-state index >= 15 is 0 Å². The van der Waals surface area contributed by atoms with Crippen molar-refractivity contribution in [2.75, 3.05) is 11.9 Å². The van der Waals surface area contributed by atoms with Gasteiger partial charge in [0.15, 0.2) is 0 Å². The Morgan fingerprint density at radius 3 is 3.00 bits per heavy atom. The second kappa shape index (κ2) is 5.02. The summed E-state index contributed by atoms with van der Waals surface area (Å²) in [4.78, 5) is 10.8. The fraction of sp³-hybridized carbons (Fsp3) is 0.538. The van der Waals surface area contributed by atoms with Crippen molar-refractivity contribution in [2.24, 2.45) is 5.92 Å². The van der Waals surface area contributed by atoms with E-state index in [-0.39, 0.29) is 0 Å². The van der Waals surface area contributed by atoms with E-state index in [1.807, 2.05) is 0 Å². The third-order valence-corrected chi connectivity index (χ3v) is 4.67. The van der Waals surface area contributed by atoms with Crippen molar-refractivity contribution in [3.05, 3.63) is 16.2 Å². The average Bonchev–Trinajstić information content (AvgIpc) is 2.61. The Morgan fingerprint density at radius 1 is 1.44 bits per heavy atom. The number of hydrogen-bond donors (Lipinski definition) is 1. The summed E-state index contributed by atoms with van der Waals surface area (Å²) in [5.74, 6) is 1.79. The van der Waals surface area contributed by atoms with Crippen LogP contribution in [-0.4, -0.2) is 16.5 Å². The lowest BCUT2D eigenvalue weighted by Gasteiger charge is -2.25. The maximum atomic E-state index is 5.96. The number of nitrogens with zero attached hydrogens (tertiary/aromatic N) is 2. The highest BCUT2D eigenvalue weighted by Gasteiger charge is 2.17. The van der Waals surface area contributed by atoms with Crippen LogP contribution in [0.5, 0.6) is 0 Å².